The highest BCUT2D eigenvalue weighted by molar-refractivity contribution is 6.12. The van der Waals surface area contributed by atoms with Gasteiger partial charge in [-0.25, -0.2) is 4.98 Å². The Morgan fingerprint density at radius 3 is 2.56 bits per heavy atom. The van der Waals surface area contributed by atoms with Gasteiger partial charge in [-0.15, -0.1) is 0 Å². The number of aromatic nitrogens is 1. The van der Waals surface area contributed by atoms with E-state index in [1.165, 1.54) is 17.1 Å². The molecular weight excluding hydrogens is 230 g/mol. The summed E-state index contributed by atoms with van der Waals surface area (Å²) in [5, 5.41) is 3.18. The second-order valence-corrected chi connectivity index (χ2v) is 4.01. The minimum absolute atomic E-state index is 0.210. The lowest BCUT2D eigenvalue weighted by atomic mass is 10.3. The zero-order chi connectivity index (χ0) is 12.8. The molecule has 0 spiro atoms. The predicted octanol–water partition coefficient (Wildman–Crippen LogP) is 1.20. The van der Waals surface area contributed by atoms with Crippen molar-refractivity contribution >= 4 is 17.6 Å². The third kappa shape index (κ3) is 3.16. The average Bonchev–Trinajstić information content (AvgIpc) is 2.71. The molecule has 0 aromatic carbocycles. The highest BCUT2D eigenvalue weighted by Crippen LogP contribution is 2.06. The van der Waals surface area contributed by atoms with Crippen molar-refractivity contribution < 1.29 is 9.59 Å². The first-order chi connectivity index (χ1) is 8.77. The molecular formula is C13H15N3O2. The normalized spacial score (nSPS) is 14.3. The Morgan fingerprint density at radius 2 is 1.89 bits per heavy atom. The van der Waals surface area contributed by atoms with Gasteiger partial charge in [-0.05, 0) is 25.0 Å². The van der Waals surface area contributed by atoms with Crippen LogP contribution in [0.4, 0.5) is 5.82 Å². The Kier molecular flexibility index (Phi) is 4.06. The molecule has 5 heteroatoms. The van der Waals surface area contributed by atoms with Gasteiger partial charge in [0.05, 0.1) is 0 Å². The fourth-order valence-corrected chi connectivity index (χ4v) is 1.73. The maximum atomic E-state index is 11.3. The van der Waals surface area contributed by atoms with Crippen LogP contribution in [0.25, 0.3) is 0 Å². The van der Waals surface area contributed by atoms with Crippen LogP contribution in [0.15, 0.2) is 36.5 Å². The van der Waals surface area contributed by atoms with Gasteiger partial charge in [0.15, 0.2) is 0 Å². The first-order valence-corrected chi connectivity index (χ1v) is 5.96. The summed E-state index contributed by atoms with van der Waals surface area (Å²) in [7, 11) is 0. The van der Waals surface area contributed by atoms with Gasteiger partial charge in [0, 0.05) is 31.4 Å². The van der Waals surface area contributed by atoms with Crippen molar-refractivity contribution in [1.82, 2.24) is 9.88 Å². The van der Waals surface area contributed by atoms with Crippen molar-refractivity contribution in [2.24, 2.45) is 0 Å². The second-order valence-electron chi connectivity index (χ2n) is 4.01. The zero-order valence-electron chi connectivity index (χ0n) is 10.0. The quantitative estimate of drug-likeness (QED) is 0.604. The number of hydrogen-bond acceptors (Lipinski definition) is 4. The van der Waals surface area contributed by atoms with E-state index in [0.29, 0.717) is 6.54 Å². The zero-order valence-corrected chi connectivity index (χ0v) is 10.0. The highest BCUT2D eigenvalue weighted by Gasteiger charge is 2.21. The summed E-state index contributed by atoms with van der Waals surface area (Å²) in [5.74, 6) is 0.419. The topological polar surface area (TPSA) is 62.3 Å². The largest absolute Gasteiger partial charge is 0.370 e. The average molecular weight is 245 g/mol. The van der Waals surface area contributed by atoms with E-state index in [0.717, 1.165) is 25.2 Å². The molecule has 0 radical (unpaired) electrons. The lowest BCUT2D eigenvalue weighted by Crippen LogP contribution is -2.31. The van der Waals surface area contributed by atoms with Gasteiger partial charge in [-0.1, -0.05) is 6.07 Å². The molecule has 2 rings (SSSR count). The van der Waals surface area contributed by atoms with E-state index in [4.69, 9.17) is 0 Å². The summed E-state index contributed by atoms with van der Waals surface area (Å²) < 4.78 is 0. The van der Waals surface area contributed by atoms with Crippen LogP contribution in [0.2, 0.25) is 0 Å². The predicted molar refractivity (Wildman–Crippen MR) is 67.8 cm³/mol. The van der Waals surface area contributed by atoms with Crippen molar-refractivity contribution in [3.63, 3.8) is 0 Å². The van der Waals surface area contributed by atoms with Crippen LogP contribution in [0.1, 0.15) is 12.8 Å². The molecule has 0 saturated heterocycles. The van der Waals surface area contributed by atoms with Crippen LogP contribution < -0.4 is 5.32 Å². The Hall–Kier alpha value is -2.17. The third-order valence-corrected chi connectivity index (χ3v) is 2.68. The number of hydrogen-bond donors (Lipinski definition) is 1. The fraction of sp³-hybridized carbons (Fsp3) is 0.308. The molecule has 0 bridgehead atoms. The van der Waals surface area contributed by atoms with Gasteiger partial charge < -0.3 is 5.32 Å². The lowest BCUT2D eigenvalue weighted by molar-refractivity contribution is -0.136. The van der Waals surface area contributed by atoms with Crippen LogP contribution in [0.3, 0.4) is 0 Å². The van der Waals surface area contributed by atoms with E-state index in [2.05, 4.69) is 10.3 Å². The van der Waals surface area contributed by atoms with Crippen LogP contribution in [0.5, 0.6) is 0 Å². The fourth-order valence-electron chi connectivity index (χ4n) is 1.73. The van der Waals surface area contributed by atoms with Gasteiger partial charge in [0.1, 0.15) is 5.82 Å². The number of anilines is 1. The lowest BCUT2D eigenvalue weighted by Gasteiger charge is -2.13. The first kappa shape index (κ1) is 12.3. The van der Waals surface area contributed by atoms with Crippen molar-refractivity contribution in [2.45, 2.75) is 12.8 Å². The number of imide groups is 1. The molecule has 1 N–H and O–H groups in total. The molecule has 1 aliphatic heterocycles. The number of nitrogens with zero attached hydrogens (tertiary/aromatic N) is 2. The number of carbonyl (C=O) groups is 2. The summed E-state index contributed by atoms with van der Waals surface area (Å²) in [6.07, 6.45) is 6.03. The maximum Gasteiger partial charge on any atom is 0.253 e. The molecule has 2 amide bonds. The number of rotatable bonds is 6. The van der Waals surface area contributed by atoms with Gasteiger partial charge in [0.2, 0.25) is 0 Å². The smallest absolute Gasteiger partial charge is 0.253 e. The highest BCUT2D eigenvalue weighted by atomic mass is 16.2. The van der Waals surface area contributed by atoms with Gasteiger partial charge in [0.25, 0.3) is 11.8 Å². The summed E-state index contributed by atoms with van der Waals surface area (Å²) in [6, 6.07) is 5.68. The molecule has 94 valence electrons. The van der Waals surface area contributed by atoms with Crippen LogP contribution in [-0.4, -0.2) is 34.8 Å². The summed E-state index contributed by atoms with van der Waals surface area (Å²) in [5.41, 5.74) is 0. The summed E-state index contributed by atoms with van der Waals surface area (Å²) in [6.45, 7) is 1.26. The molecule has 0 saturated carbocycles. The van der Waals surface area contributed by atoms with Gasteiger partial charge in [-0.2, -0.15) is 0 Å². The van der Waals surface area contributed by atoms with Crippen molar-refractivity contribution in [3.8, 4) is 0 Å². The molecule has 5 nitrogen and oxygen atoms in total. The minimum atomic E-state index is -0.210. The molecule has 1 aromatic rings. The van der Waals surface area contributed by atoms with Crippen LogP contribution >= 0.6 is 0 Å². The van der Waals surface area contributed by atoms with E-state index in [-0.39, 0.29) is 11.8 Å². The Morgan fingerprint density at radius 1 is 1.11 bits per heavy atom. The molecule has 0 atom stereocenters. The van der Waals surface area contributed by atoms with E-state index < -0.39 is 0 Å². The second kappa shape index (κ2) is 5.95. The van der Waals surface area contributed by atoms with Crippen LogP contribution in [0, 0.1) is 0 Å². The van der Waals surface area contributed by atoms with Gasteiger partial charge in [-0.3, -0.25) is 14.5 Å². The molecule has 1 aliphatic rings. The van der Waals surface area contributed by atoms with Crippen molar-refractivity contribution in [2.75, 3.05) is 18.4 Å². The Bertz CT molecular complexity index is 439. The maximum absolute atomic E-state index is 11.3. The standard InChI is InChI=1S/C13H15N3O2/c17-12-6-7-13(18)16(12)10-4-3-9-15-11-5-1-2-8-14-11/h1-2,5-8H,3-4,9-10H2,(H,14,15). The SMILES string of the molecule is O=C1C=CC(=O)N1CCCCNc1ccccn1. The number of pyridine rings is 1. The Balaban J connectivity index is 1.62. The first-order valence-electron chi connectivity index (χ1n) is 5.96. The van der Waals surface area contributed by atoms with E-state index >= 15 is 0 Å². The minimum Gasteiger partial charge on any atom is -0.370 e. The van der Waals surface area contributed by atoms with E-state index in [1.807, 2.05) is 18.2 Å². The van der Waals surface area contributed by atoms with Crippen LogP contribution in [-0.2, 0) is 9.59 Å². The number of carbonyl (C=O) groups excluding carboxylic acids is 2. The Labute approximate surface area is 106 Å². The molecule has 0 unspecified atom stereocenters. The molecule has 2 heterocycles. The third-order valence-electron chi connectivity index (χ3n) is 2.68. The molecule has 1 aromatic heterocycles. The van der Waals surface area contributed by atoms with Crippen molar-refractivity contribution in [3.05, 3.63) is 36.5 Å². The molecule has 0 fully saturated rings. The molecule has 0 aliphatic carbocycles. The number of unbranched alkanes of at least 4 members (excludes halogenated alkanes) is 1. The van der Waals surface area contributed by atoms with Crippen molar-refractivity contribution in [1.29, 1.82) is 0 Å². The number of amides is 2. The van der Waals surface area contributed by atoms with E-state index in [1.54, 1.807) is 6.20 Å². The van der Waals surface area contributed by atoms with Gasteiger partial charge >= 0.3 is 0 Å². The molecule has 18 heavy (non-hydrogen) atoms. The van der Waals surface area contributed by atoms with E-state index in [9.17, 15) is 9.59 Å². The summed E-state index contributed by atoms with van der Waals surface area (Å²) >= 11 is 0. The monoisotopic (exact) mass is 245 g/mol. The number of nitrogens with one attached hydrogen (secondary N) is 1. The summed E-state index contributed by atoms with van der Waals surface area (Å²) in [4.78, 5) is 27.9.